The van der Waals surface area contributed by atoms with E-state index in [1.807, 2.05) is 88.4 Å². The van der Waals surface area contributed by atoms with Gasteiger partial charge >= 0.3 is 24.1 Å². The summed E-state index contributed by atoms with van der Waals surface area (Å²) < 4.78 is 15.9. The van der Waals surface area contributed by atoms with E-state index in [2.05, 4.69) is 59.2 Å². The second-order valence-corrected chi connectivity index (χ2v) is 16.6. The Hall–Kier alpha value is -5.64. The van der Waals surface area contributed by atoms with Gasteiger partial charge in [0.05, 0.1) is 18.4 Å². The second kappa shape index (κ2) is 22.3. The molecule has 4 aromatic carbocycles. The lowest BCUT2D eigenvalue weighted by Gasteiger charge is -2.25. The number of carbonyl (C=O) groups is 4. The Labute approximate surface area is 344 Å². The number of hydrogen-bond acceptors (Lipinski definition) is 7. The number of rotatable bonds is 15. The summed E-state index contributed by atoms with van der Waals surface area (Å²) in [6, 6.07) is 36.0. The summed E-state index contributed by atoms with van der Waals surface area (Å²) in [5.74, 6) is -2.03. The first-order valence-electron chi connectivity index (χ1n) is 20.0. The highest BCUT2D eigenvalue weighted by molar-refractivity contribution is 5.73. The Morgan fingerprint density at radius 1 is 0.552 bits per heavy atom. The first-order chi connectivity index (χ1) is 27.3. The molecular formula is C48H62N2O8. The Bertz CT molecular complexity index is 1870. The van der Waals surface area contributed by atoms with E-state index >= 15 is 0 Å². The van der Waals surface area contributed by atoms with Gasteiger partial charge in [-0.3, -0.25) is 9.59 Å². The molecule has 4 aromatic rings. The number of benzene rings is 4. The van der Waals surface area contributed by atoms with Gasteiger partial charge in [-0.2, -0.15) is 0 Å². The van der Waals surface area contributed by atoms with Gasteiger partial charge in [0.25, 0.3) is 0 Å². The van der Waals surface area contributed by atoms with Gasteiger partial charge in [0.1, 0.15) is 11.2 Å². The van der Waals surface area contributed by atoms with Crippen LogP contribution in [0, 0.1) is 11.8 Å². The third-order valence-corrected chi connectivity index (χ3v) is 8.91. The molecule has 0 aliphatic carbocycles. The summed E-state index contributed by atoms with van der Waals surface area (Å²) in [7, 11) is 0. The van der Waals surface area contributed by atoms with Crippen molar-refractivity contribution < 1.29 is 38.5 Å². The van der Waals surface area contributed by atoms with E-state index in [0.717, 1.165) is 33.4 Å². The van der Waals surface area contributed by atoms with Gasteiger partial charge in [0.15, 0.2) is 0 Å². The summed E-state index contributed by atoms with van der Waals surface area (Å²) in [5.41, 5.74) is 5.45. The molecule has 0 saturated carbocycles. The molecule has 0 saturated heterocycles. The molecule has 0 bridgehead atoms. The fourth-order valence-electron chi connectivity index (χ4n) is 6.17. The number of aliphatic carboxylic acids is 1. The highest BCUT2D eigenvalue weighted by Gasteiger charge is 2.25. The number of carboxylic acids is 1. The Balaban J connectivity index is 0.000000311. The molecule has 10 nitrogen and oxygen atoms in total. The predicted octanol–water partition coefficient (Wildman–Crippen LogP) is 10.3. The van der Waals surface area contributed by atoms with Crippen LogP contribution in [-0.4, -0.2) is 59.1 Å². The van der Waals surface area contributed by atoms with Gasteiger partial charge < -0.3 is 30.0 Å². The average molecular weight is 795 g/mol. The normalized spacial score (nSPS) is 13.3. The van der Waals surface area contributed by atoms with Crippen LogP contribution in [0.2, 0.25) is 0 Å². The van der Waals surface area contributed by atoms with Gasteiger partial charge in [-0.25, -0.2) is 9.59 Å². The number of nitrogens with one attached hydrogen (secondary N) is 2. The maximum Gasteiger partial charge on any atom is 0.407 e. The molecule has 2 amide bonds. The molecule has 4 rings (SSSR count). The molecule has 58 heavy (non-hydrogen) atoms. The van der Waals surface area contributed by atoms with Crippen molar-refractivity contribution in [2.75, 3.05) is 6.61 Å². The summed E-state index contributed by atoms with van der Waals surface area (Å²) in [6.45, 7) is 16.5. The summed E-state index contributed by atoms with van der Waals surface area (Å²) in [6.07, 6.45) is 0.915. The SMILES string of the molecule is CCOC(=O)[C@H](C)CC(Cc1ccc(-c2ccccc2)cc1)NC(=O)OC(C)(C)C.C[C@H](CC(Cc1ccc(-c2ccccc2)cc1)NC(=O)OC(C)(C)C)C(=O)O. The number of ether oxygens (including phenoxy) is 3. The van der Waals surface area contributed by atoms with Crippen molar-refractivity contribution in [2.45, 2.75) is 111 Å². The van der Waals surface area contributed by atoms with Crippen molar-refractivity contribution in [2.24, 2.45) is 11.8 Å². The minimum Gasteiger partial charge on any atom is -0.481 e. The van der Waals surface area contributed by atoms with Crippen LogP contribution in [0.25, 0.3) is 22.3 Å². The van der Waals surface area contributed by atoms with Crippen molar-refractivity contribution in [1.29, 1.82) is 0 Å². The Kier molecular flexibility index (Phi) is 18.0. The largest absolute Gasteiger partial charge is 0.481 e. The number of amides is 2. The zero-order valence-electron chi connectivity index (χ0n) is 35.5. The summed E-state index contributed by atoms with van der Waals surface area (Å²) in [4.78, 5) is 47.8. The van der Waals surface area contributed by atoms with Gasteiger partial charge in [0, 0.05) is 12.1 Å². The summed E-state index contributed by atoms with van der Waals surface area (Å²) >= 11 is 0. The lowest BCUT2D eigenvalue weighted by atomic mass is 9.95. The molecule has 0 radical (unpaired) electrons. The molecule has 3 N–H and O–H groups in total. The fraction of sp³-hybridized carbons (Fsp3) is 0.417. The molecule has 0 aliphatic rings. The fourth-order valence-corrected chi connectivity index (χ4v) is 6.17. The first kappa shape index (κ1) is 46.7. The third-order valence-electron chi connectivity index (χ3n) is 8.91. The van der Waals surface area contributed by atoms with Crippen LogP contribution < -0.4 is 10.6 Å². The highest BCUT2D eigenvalue weighted by atomic mass is 16.6. The molecule has 2 unspecified atom stereocenters. The van der Waals surface area contributed by atoms with E-state index in [4.69, 9.17) is 14.2 Å². The molecular weight excluding hydrogens is 733 g/mol. The van der Waals surface area contributed by atoms with E-state index in [1.165, 1.54) is 0 Å². The maximum absolute atomic E-state index is 12.3. The van der Waals surface area contributed by atoms with E-state index in [1.54, 1.807) is 34.6 Å². The maximum atomic E-state index is 12.3. The lowest BCUT2D eigenvalue weighted by Crippen LogP contribution is -2.41. The first-order valence-corrected chi connectivity index (χ1v) is 20.0. The van der Waals surface area contributed by atoms with E-state index in [9.17, 15) is 24.3 Å². The topological polar surface area (TPSA) is 140 Å². The summed E-state index contributed by atoms with van der Waals surface area (Å²) in [5, 5.41) is 15.0. The highest BCUT2D eigenvalue weighted by Crippen LogP contribution is 2.23. The monoisotopic (exact) mass is 794 g/mol. The molecule has 312 valence electrons. The number of alkyl carbamates (subject to hydrolysis) is 2. The smallest absolute Gasteiger partial charge is 0.407 e. The standard InChI is InChI=1S/C25H33NO4.C23H29NO4/c1-6-29-23(27)18(2)16-22(26-24(28)30-25(3,4)5)17-19-12-14-21(15-13-19)20-10-8-7-9-11-20;1-16(21(25)26)14-20(24-22(27)28-23(2,3)4)15-17-10-12-19(13-11-17)18-8-6-5-7-9-18/h7-15,18,22H,6,16-17H2,1-5H3,(H,26,28);5-13,16,20H,14-15H2,1-4H3,(H,24,27)(H,25,26)/t18-,22?;16-,20?/m11/s1. The Morgan fingerprint density at radius 2 is 0.897 bits per heavy atom. The minimum absolute atomic E-state index is 0.248. The van der Waals surface area contributed by atoms with Crippen LogP contribution in [-0.2, 0) is 36.6 Å². The van der Waals surface area contributed by atoms with Gasteiger partial charge in [-0.1, -0.05) is 123 Å². The van der Waals surface area contributed by atoms with Crippen molar-refractivity contribution in [3.8, 4) is 22.3 Å². The van der Waals surface area contributed by atoms with Crippen LogP contribution in [0.1, 0.15) is 86.3 Å². The molecule has 0 heterocycles. The molecule has 0 fully saturated rings. The lowest BCUT2D eigenvalue weighted by molar-refractivity contribution is -0.147. The van der Waals surface area contributed by atoms with E-state index in [-0.39, 0.29) is 24.0 Å². The Morgan fingerprint density at radius 3 is 1.22 bits per heavy atom. The number of esters is 1. The van der Waals surface area contributed by atoms with Crippen molar-refractivity contribution >= 4 is 24.1 Å². The zero-order valence-corrected chi connectivity index (χ0v) is 35.5. The minimum atomic E-state index is -0.879. The molecule has 0 aliphatic heterocycles. The quantitative estimate of drug-likeness (QED) is 0.0798. The van der Waals surface area contributed by atoms with Crippen LogP contribution in [0.15, 0.2) is 109 Å². The molecule has 0 aromatic heterocycles. The van der Waals surface area contributed by atoms with Crippen LogP contribution in [0.5, 0.6) is 0 Å². The van der Waals surface area contributed by atoms with Crippen LogP contribution in [0.4, 0.5) is 9.59 Å². The van der Waals surface area contributed by atoms with Crippen molar-refractivity contribution in [3.05, 3.63) is 120 Å². The number of hydrogen-bond donors (Lipinski definition) is 3. The number of carbonyl (C=O) groups excluding carboxylic acids is 3. The zero-order chi connectivity index (χ0) is 42.9. The predicted molar refractivity (Wildman–Crippen MR) is 229 cm³/mol. The van der Waals surface area contributed by atoms with Gasteiger partial charge in [-0.15, -0.1) is 0 Å². The van der Waals surface area contributed by atoms with Gasteiger partial charge in [-0.05, 0) is 108 Å². The van der Waals surface area contributed by atoms with E-state index < -0.39 is 35.3 Å². The van der Waals surface area contributed by atoms with Gasteiger partial charge in [0.2, 0.25) is 0 Å². The number of carboxylic acid groups (broad SMARTS) is 1. The third kappa shape index (κ3) is 17.7. The van der Waals surface area contributed by atoms with Crippen molar-refractivity contribution in [1.82, 2.24) is 10.6 Å². The average Bonchev–Trinajstić information content (AvgIpc) is 3.15. The molecule has 0 spiro atoms. The van der Waals surface area contributed by atoms with E-state index in [0.29, 0.717) is 32.3 Å². The second-order valence-electron chi connectivity index (χ2n) is 16.6. The molecule has 4 atom stereocenters. The molecule has 10 heteroatoms. The van der Waals surface area contributed by atoms with Crippen molar-refractivity contribution in [3.63, 3.8) is 0 Å². The van der Waals surface area contributed by atoms with Crippen LogP contribution >= 0.6 is 0 Å². The van der Waals surface area contributed by atoms with Crippen LogP contribution in [0.3, 0.4) is 0 Å².